The number of hydrogen-bond donors (Lipinski definition) is 1. The lowest BCUT2D eigenvalue weighted by molar-refractivity contribution is -0.137. The first-order valence-corrected chi connectivity index (χ1v) is 27.0. The Morgan fingerprint density at radius 1 is 0.765 bits per heavy atom. The number of unbranched alkanes of at least 4 members (excludes halogenated alkanes) is 15. The summed E-state index contributed by atoms with van der Waals surface area (Å²) in [5, 5.41) is 2.87. The SMILES string of the molecule is CCCCCCCCCCCCCCCCCCN1C(C(C(=O)Nc2ccccc2Oc2cc(C)ccc2SCCOCCOCCOC)N2C(=O)OC(C)(C)C2=O)=Nc2ccccc2S1(=O)=O. The van der Waals surface area contributed by atoms with Crippen LogP contribution in [0.1, 0.15) is 129 Å². The molecular formula is C52H74N4O10S2. The van der Waals surface area contributed by atoms with E-state index in [9.17, 15) is 22.8 Å². The maximum atomic E-state index is 14.9. The molecule has 0 spiro atoms. The van der Waals surface area contributed by atoms with Crippen LogP contribution in [0.5, 0.6) is 11.5 Å². The van der Waals surface area contributed by atoms with Crippen molar-refractivity contribution >= 4 is 56.9 Å². The van der Waals surface area contributed by atoms with Crippen LogP contribution in [0.15, 0.2) is 81.5 Å². The summed E-state index contributed by atoms with van der Waals surface area (Å²) in [7, 11) is -2.66. The number of ether oxygens (including phenoxy) is 5. The molecule has 0 bridgehead atoms. The minimum Gasteiger partial charge on any atom is -0.454 e. The van der Waals surface area contributed by atoms with Gasteiger partial charge in [0.1, 0.15) is 10.6 Å². The van der Waals surface area contributed by atoms with E-state index < -0.39 is 39.6 Å². The average molecular weight is 979 g/mol. The third-order valence-electron chi connectivity index (χ3n) is 11.9. The molecule has 5 rings (SSSR count). The monoisotopic (exact) mass is 978 g/mol. The first kappa shape index (κ1) is 54.5. The number of carbonyl (C=O) groups is 3. The van der Waals surface area contributed by atoms with Crippen molar-refractivity contribution in [3.05, 3.63) is 72.3 Å². The molecule has 1 fully saturated rings. The van der Waals surface area contributed by atoms with Gasteiger partial charge < -0.3 is 29.0 Å². The van der Waals surface area contributed by atoms with Crippen LogP contribution in [0.25, 0.3) is 0 Å². The molecule has 2 heterocycles. The van der Waals surface area contributed by atoms with Gasteiger partial charge in [-0.1, -0.05) is 134 Å². The molecule has 2 aliphatic heterocycles. The molecule has 1 N–H and O–H groups in total. The Balaban J connectivity index is 1.29. The van der Waals surface area contributed by atoms with Gasteiger partial charge in [-0.25, -0.2) is 23.1 Å². The van der Waals surface area contributed by atoms with Crippen LogP contribution in [0.4, 0.5) is 16.2 Å². The Bertz CT molecular complexity index is 2220. The highest BCUT2D eigenvalue weighted by molar-refractivity contribution is 7.99. The number of hydrogen-bond acceptors (Lipinski definition) is 12. The average Bonchev–Trinajstić information content (AvgIpc) is 3.51. The fraction of sp³-hybridized carbons (Fsp3) is 0.577. The Morgan fingerprint density at radius 3 is 1.99 bits per heavy atom. The van der Waals surface area contributed by atoms with E-state index in [2.05, 4.69) is 12.2 Å². The fourth-order valence-electron chi connectivity index (χ4n) is 8.15. The van der Waals surface area contributed by atoms with E-state index in [1.807, 2.05) is 25.1 Å². The number of thioether (sulfide) groups is 1. The number of methoxy groups -OCH3 is 1. The van der Waals surface area contributed by atoms with Crippen molar-refractivity contribution in [3.63, 3.8) is 0 Å². The zero-order chi connectivity index (χ0) is 48.8. The lowest BCUT2D eigenvalue weighted by Gasteiger charge is -2.35. The van der Waals surface area contributed by atoms with Crippen molar-refractivity contribution in [3.8, 4) is 11.5 Å². The number of anilines is 1. The summed E-state index contributed by atoms with van der Waals surface area (Å²) >= 11 is 1.55. The van der Waals surface area contributed by atoms with Crippen molar-refractivity contribution < 1.29 is 46.5 Å². The summed E-state index contributed by atoms with van der Waals surface area (Å²) in [5.74, 6) is -0.502. The molecule has 3 aromatic carbocycles. The summed E-state index contributed by atoms with van der Waals surface area (Å²) < 4.78 is 58.4. The predicted octanol–water partition coefficient (Wildman–Crippen LogP) is 11.6. The molecule has 1 unspecified atom stereocenters. The number of aryl methyl sites for hydroxylation is 1. The maximum absolute atomic E-state index is 14.9. The summed E-state index contributed by atoms with van der Waals surface area (Å²) in [6, 6.07) is 17.1. The van der Waals surface area contributed by atoms with Gasteiger partial charge >= 0.3 is 6.09 Å². The van der Waals surface area contributed by atoms with Crippen molar-refractivity contribution in [1.82, 2.24) is 9.21 Å². The highest BCUT2D eigenvalue weighted by Crippen LogP contribution is 2.39. The minimum atomic E-state index is -4.29. The molecule has 68 heavy (non-hydrogen) atoms. The number of benzene rings is 3. The number of cyclic esters (lactones) is 1. The maximum Gasteiger partial charge on any atom is 0.418 e. The van der Waals surface area contributed by atoms with E-state index in [0.29, 0.717) is 55.9 Å². The molecule has 3 amide bonds. The van der Waals surface area contributed by atoms with E-state index in [0.717, 1.165) is 40.4 Å². The lowest BCUT2D eigenvalue weighted by Crippen LogP contribution is -2.59. The molecule has 14 nitrogen and oxygen atoms in total. The second-order valence-electron chi connectivity index (χ2n) is 17.9. The first-order valence-electron chi connectivity index (χ1n) is 24.6. The second kappa shape index (κ2) is 28.3. The van der Waals surface area contributed by atoms with Crippen LogP contribution in [0.2, 0.25) is 0 Å². The van der Waals surface area contributed by atoms with Gasteiger partial charge in [-0.2, -0.15) is 0 Å². The number of fused-ring (bicyclic) bond motifs is 1. The molecule has 374 valence electrons. The van der Waals surface area contributed by atoms with E-state index in [1.165, 1.54) is 96.6 Å². The molecule has 0 aromatic heterocycles. The standard InChI is InChI=1S/C52H74N4O10S2/c1-6-7-8-9-10-11-12-13-14-15-16-17-18-19-20-25-32-55-48(53-42-27-22-24-29-46(42)68(55,60)61)47(56-50(58)52(3,4)66-51(56)59)49(57)54-41-26-21-23-28-43(41)65-44-39-40(2)30-31-45(44)67-38-37-64-36-35-63-34-33-62-5/h21-24,26-31,39,47H,6-20,25,32-38H2,1-5H3,(H,54,57). The number of nitrogens with one attached hydrogen (secondary N) is 1. The smallest absolute Gasteiger partial charge is 0.418 e. The molecular weight excluding hydrogens is 905 g/mol. The van der Waals surface area contributed by atoms with Gasteiger partial charge in [0, 0.05) is 19.4 Å². The number of carbonyl (C=O) groups excluding carboxylic acids is 3. The van der Waals surface area contributed by atoms with E-state index >= 15 is 0 Å². The van der Waals surface area contributed by atoms with Gasteiger partial charge in [0.25, 0.3) is 21.8 Å². The lowest BCUT2D eigenvalue weighted by atomic mass is 10.0. The number of aliphatic imine (C=N–C) groups is 1. The second-order valence-corrected chi connectivity index (χ2v) is 20.8. The molecule has 16 heteroatoms. The largest absolute Gasteiger partial charge is 0.454 e. The minimum absolute atomic E-state index is 0.0150. The van der Waals surface area contributed by atoms with Gasteiger partial charge in [0.15, 0.2) is 23.2 Å². The molecule has 1 atom stereocenters. The van der Waals surface area contributed by atoms with Crippen LogP contribution in [0, 0.1) is 6.92 Å². The zero-order valence-electron chi connectivity index (χ0n) is 40.9. The molecule has 1 saturated heterocycles. The van der Waals surface area contributed by atoms with Crippen molar-refractivity contribution in [1.29, 1.82) is 0 Å². The Kier molecular flexibility index (Phi) is 22.6. The molecule has 2 aliphatic rings. The first-order chi connectivity index (χ1) is 32.9. The van der Waals surface area contributed by atoms with E-state index in [4.69, 9.17) is 28.7 Å². The third kappa shape index (κ3) is 16.0. The van der Waals surface area contributed by atoms with Crippen molar-refractivity contribution in [2.24, 2.45) is 4.99 Å². The quantitative estimate of drug-likeness (QED) is 0.0456. The predicted molar refractivity (Wildman–Crippen MR) is 269 cm³/mol. The Labute approximate surface area is 409 Å². The highest BCUT2D eigenvalue weighted by atomic mass is 32.2. The Morgan fingerprint density at radius 2 is 1.35 bits per heavy atom. The van der Waals surface area contributed by atoms with Crippen LogP contribution in [-0.4, -0.2) is 105 Å². The van der Waals surface area contributed by atoms with Crippen LogP contribution in [0.3, 0.4) is 0 Å². The summed E-state index contributed by atoms with van der Waals surface area (Å²) in [6.07, 6.45) is 17.5. The Hall–Kier alpha value is -4.48. The van der Waals surface area contributed by atoms with Crippen LogP contribution >= 0.6 is 11.8 Å². The van der Waals surface area contributed by atoms with Gasteiger partial charge in [0.2, 0.25) is 0 Å². The molecule has 0 saturated carbocycles. The topological polar surface area (TPSA) is 162 Å². The molecule has 0 radical (unpaired) electrons. The number of amidine groups is 1. The van der Waals surface area contributed by atoms with Crippen LogP contribution in [-0.2, 0) is 38.6 Å². The van der Waals surface area contributed by atoms with Gasteiger partial charge in [-0.15, -0.1) is 11.8 Å². The zero-order valence-corrected chi connectivity index (χ0v) is 42.6. The van der Waals surface area contributed by atoms with E-state index in [1.54, 1.807) is 55.3 Å². The number of para-hydroxylation sites is 3. The fourth-order valence-corrected chi connectivity index (χ4v) is 10.6. The molecule has 0 aliphatic carbocycles. The molecule has 3 aromatic rings. The summed E-state index contributed by atoms with van der Waals surface area (Å²) in [5.41, 5.74) is -0.356. The number of imide groups is 1. The third-order valence-corrected chi connectivity index (χ3v) is 14.8. The van der Waals surface area contributed by atoms with Crippen LogP contribution < -0.4 is 10.1 Å². The number of nitrogens with zero attached hydrogens (tertiary/aromatic N) is 3. The van der Waals surface area contributed by atoms with Gasteiger partial charge in [-0.3, -0.25) is 13.9 Å². The van der Waals surface area contributed by atoms with Crippen molar-refractivity contribution in [2.45, 2.75) is 152 Å². The summed E-state index contributed by atoms with van der Waals surface area (Å²) in [4.78, 5) is 48.9. The number of amides is 3. The number of rotatable bonds is 33. The summed E-state index contributed by atoms with van der Waals surface area (Å²) in [6.45, 7) is 9.47. The van der Waals surface area contributed by atoms with E-state index in [-0.39, 0.29) is 34.4 Å². The van der Waals surface area contributed by atoms with Crippen molar-refractivity contribution in [2.75, 3.05) is 57.8 Å². The van der Waals surface area contributed by atoms with Gasteiger partial charge in [-0.05, 0) is 69.2 Å². The highest BCUT2D eigenvalue weighted by Gasteiger charge is 2.55. The number of sulfonamides is 1. The normalized spacial score (nSPS) is 15.5. The van der Waals surface area contributed by atoms with Gasteiger partial charge in [0.05, 0.1) is 49.3 Å².